The number of alkyl halides is 1. The van der Waals surface area contributed by atoms with E-state index in [1.54, 1.807) is 0 Å². The van der Waals surface area contributed by atoms with Crippen LogP contribution < -0.4 is 5.32 Å². The van der Waals surface area contributed by atoms with E-state index in [0.29, 0.717) is 0 Å². The van der Waals surface area contributed by atoms with Crippen LogP contribution in [0.2, 0.25) is 0 Å². The average molecular weight is 241 g/mol. The summed E-state index contributed by atoms with van der Waals surface area (Å²) < 4.78 is 1.23. The Kier molecular flexibility index (Phi) is 7.33. The first kappa shape index (κ1) is 9.69. The van der Waals surface area contributed by atoms with Crippen molar-refractivity contribution in [3.05, 3.63) is 0 Å². The lowest BCUT2D eigenvalue weighted by Crippen LogP contribution is -2.26. The van der Waals surface area contributed by atoms with Crippen molar-refractivity contribution < 1.29 is 0 Å². The lowest BCUT2D eigenvalue weighted by atomic mass is 10.1. The first-order valence-corrected chi connectivity index (χ1v) is 5.11. The minimum absolute atomic E-state index is 0.741. The normalized spacial score (nSPS) is 13.7. The molecule has 0 bridgehead atoms. The summed E-state index contributed by atoms with van der Waals surface area (Å²) >= 11 is 2.43. The Morgan fingerprint density at radius 1 is 1.56 bits per heavy atom. The van der Waals surface area contributed by atoms with Gasteiger partial charge in [-0.3, -0.25) is 0 Å². The van der Waals surface area contributed by atoms with E-state index in [0.717, 1.165) is 6.04 Å². The van der Waals surface area contributed by atoms with Crippen LogP contribution >= 0.6 is 22.6 Å². The number of hydrogen-bond donors (Lipinski definition) is 1. The summed E-state index contributed by atoms with van der Waals surface area (Å²) in [6, 6.07) is 0.741. The van der Waals surface area contributed by atoms with Gasteiger partial charge in [0.2, 0.25) is 0 Å². The van der Waals surface area contributed by atoms with Crippen LogP contribution in [0.4, 0.5) is 0 Å². The van der Waals surface area contributed by atoms with Gasteiger partial charge in [0, 0.05) is 10.5 Å². The van der Waals surface area contributed by atoms with Crippen LogP contribution in [0.25, 0.3) is 0 Å². The Bertz CT molecular complexity index is 52.9. The van der Waals surface area contributed by atoms with Crippen molar-refractivity contribution in [3.8, 4) is 0 Å². The van der Waals surface area contributed by atoms with E-state index < -0.39 is 0 Å². The van der Waals surface area contributed by atoms with E-state index in [1.807, 2.05) is 7.05 Å². The molecule has 0 spiro atoms. The average Bonchev–Trinajstić information content (AvgIpc) is 1.91. The van der Waals surface area contributed by atoms with Gasteiger partial charge in [-0.15, -0.1) is 0 Å². The van der Waals surface area contributed by atoms with E-state index in [-0.39, 0.29) is 0 Å². The Morgan fingerprint density at radius 2 is 2.22 bits per heavy atom. The summed E-state index contributed by atoms with van der Waals surface area (Å²) in [6.07, 6.45) is 4.00. The smallest absolute Gasteiger partial charge is 0.0154 e. The fraction of sp³-hybridized carbons (Fsp3) is 1.00. The molecule has 0 aliphatic carbocycles. The van der Waals surface area contributed by atoms with Crippen LogP contribution in [0, 0.1) is 0 Å². The van der Waals surface area contributed by atoms with E-state index in [2.05, 4.69) is 34.8 Å². The van der Waals surface area contributed by atoms with E-state index >= 15 is 0 Å². The molecule has 0 aromatic carbocycles. The molecule has 56 valence electrons. The van der Waals surface area contributed by atoms with Crippen LogP contribution in [0.15, 0.2) is 0 Å². The minimum Gasteiger partial charge on any atom is -0.316 e. The second-order valence-electron chi connectivity index (χ2n) is 2.28. The van der Waals surface area contributed by atoms with Gasteiger partial charge in [0.15, 0.2) is 0 Å². The predicted molar refractivity (Wildman–Crippen MR) is 51.3 cm³/mol. The van der Waals surface area contributed by atoms with Crippen LogP contribution in [0.1, 0.15) is 26.2 Å². The summed E-state index contributed by atoms with van der Waals surface area (Å²) in [6.45, 7) is 2.24. The van der Waals surface area contributed by atoms with Crippen LogP contribution in [0.5, 0.6) is 0 Å². The molecule has 1 unspecified atom stereocenters. The molecule has 0 heterocycles. The summed E-state index contributed by atoms with van der Waals surface area (Å²) in [5.74, 6) is 0. The van der Waals surface area contributed by atoms with Crippen molar-refractivity contribution in [3.63, 3.8) is 0 Å². The maximum atomic E-state index is 3.28. The predicted octanol–water partition coefficient (Wildman–Crippen LogP) is 2.20. The van der Waals surface area contributed by atoms with E-state index in [4.69, 9.17) is 0 Å². The van der Waals surface area contributed by atoms with Gasteiger partial charge in [0.1, 0.15) is 0 Å². The van der Waals surface area contributed by atoms with Crippen LogP contribution in [-0.2, 0) is 0 Å². The molecule has 2 heteroatoms. The first-order chi connectivity index (χ1) is 4.35. The molecular weight excluding hydrogens is 225 g/mol. The minimum atomic E-state index is 0.741. The standard InChI is InChI=1S/C7H16IN/c1-3-4-5-7(6-8)9-2/h7,9H,3-6H2,1-2H3. The van der Waals surface area contributed by atoms with Gasteiger partial charge in [0.05, 0.1) is 0 Å². The van der Waals surface area contributed by atoms with Crippen LogP contribution in [0.3, 0.4) is 0 Å². The monoisotopic (exact) mass is 241 g/mol. The third-order valence-electron chi connectivity index (χ3n) is 1.50. The van der Waals surface area contributed by atoms with Gasteiger partial charge in [0.25, 0.3) is 0 Å². The highest BCUT2D eigenvalue weighted by atomic mass is 127. The lowest BCUT2D eigenvalue weighted by molar-refractivity contribution is 0.549. The highest BCUT2D eigenvalue weighted by molar-refractivity contribution is 14.1. The topological polar surface area (TPSA) is 12.0 Å². The molecule has 0 fully saturated rings. The van der Waals surface area contributed by atoms with Gasteiger partial charge < -0.3 is 5.32 Å². The lowest BCUT2D eigenvalue weighted by Gasteiger charge is -2.10. The third-order valence-corrected chi connectivity index (χ3v) is 2.56. The molecular formula is C7H16IN. The molecule has 0 saturated heterocycles. The van der Waals surface area contributed by atoms with Crippen molar-refractivity contribution in [1.29, 1.82) is 0 Å². The quantitative estimate of drug-likeness (QED) is 0.574. The fourth-order valence-electron chi connectivity index (χ4n) is 0.749. The zero-order valence-corrected chi connectivity index (χ0v) is 8.44. The number of nitrogens with one attached hydrogen (secondary N) is 1. The molecule has 1 N–H and O–H groups in total. The van der Waals surface area contributed by atoms with Crippen LogP contribution in [-0.4, -0.2) is 17.5 Å². The molecule has 1 atom stereocenters. The Balaban J connectivity index is 3.09. The van der Waals surface area contributed by atoms with Gasteiger partial charge in [-0.25, -0.2) is 0 Å². The van der Waals surface area contributed by atoms with E-state index in [1.165, 1.54) is 23.7 Å². The molecule has 0 aliphatic rings. The Morgan fingerprint density at radius 3 is 2.56 bits per heavy atom. The second kappa shape index (κ2) is 6.81. The zero-order valence-electron chi connectivity index (χ0n) is 6.28. The van der Waals surface area contributed by atoms with Crippen molar-refractivity contribution in [2.75, 3.05) is 11.5 Å². The van der Waals surface area contributed by atoms with Crippen molar-refractivity contribution in [2.45, 2.75) is 32.2 Å². The fourth-order valence-corrected chi connectivity index (χ4v) is 1.63. The molecule has 0 amide bonds. The molecule has 9 heavy (non-hydrogen) atoms. The highest BCUT2D eigenvalue weighted by Crippen LogP contribution is 2.02. The zero-order chi connectivity index (χ0) is 7.11. The third kappa shape index (κ3) is 5.15. The van der Waals surface area contributed by atoms with Gasteiger partial charge in [-0.1, -0.05) is 42.4 Å². The number of hydrogen-bond acceptors (Lipinski definition) is 1. The van der Waals surface area contributed by atoms with Crippen molar-refractivity contribution in [2.24, 2.45) is 0 Å². The SMILES string of the molecule is CCCCC(CI)NC. The Hall–Kier alpha value is 0.690. The second-order valence-corrected chi connectivity index (χ2v) is 3.16. The largest absolute Gasteiger partial charge is 0.316 e. The highest BCUT2D eigenvalue weighted by Gasteiger charge is 2.00. The number of unbranched alkanes of at least 4 members (excludes halogenated alkanes) is 1. The molecule has 0 aromatic rings. The number of halogens is 1. The van der Waals surface area contributed by atoms with Crippen molar-refractivity contribution in [1.82, 2.24) is 5.32 Å². The first-order valence-electron chi connectivity index (χ1n) is 3.58. The summed E-state index contributed by atoms with van der Waals surface area (Å²) in [4.78, 5) is 0. The number of rotatable bonds is 5. The summed E-state index contributed by atoms with van der Waals surface area (Å²) in [5, 5.41) is 3.28. The molecule has 0 saturated carbocycles. The molecule has 0 aromatic heterocycles. The maximum absolute atomic E-state index is 3.28. The van der Waals surface area contributed by atoms with Gasteiger partial charge >= 0.3 is 0 Å². The maximum Gasteiger partial charge on any atom is 0.0154 e. The molecule has 1 nitrogen and oxygen atoms in total. The molecule has 0 rings (SSSR count). The Labute approximate surface area is 71.7 Å². The van der Waals surface area contributed by atoms with E-state index in [9.17, 15) is 0 Å². The summed E-state index contributed by atoms with van der Waals surface area (Å²) in [5.41, 5.74) is 0. The summed E-state index contributed by atoms with van der Waals surface area (Å²) in [7, 11) is 2.04. The van der Waals surface area contributed by atoms with Gasteiger partial charge in [-0.05, 0) is 13.5 Å². The van der Waals surface area contributed by atoms with Crippen molar-refractivity contribution >= 4 is 22.6 Å². The van der Waals surface area contributed by atoms with Gasteiger partial charge in [-0.2, -0.15) is 0 Å². The molecule has 0 aliphatic heterocycles. The molecule has 0 radical (unpaired) electrons.